The minimum atomic E-state index is 0.336. The van der Waals surface area contributed by atoms with Gasteiger partial charge in [-0.25, -0.2) is 9.97 Å². The molecule has 0 aromatic carbocycles. The number of rotatable bonds is 6. The molecular weight excluding hydrogens is 246 g/mol. The molecule has 3 N–H and O–H groups in total. The summed E-state index contributed by atoms with van der Waals surface area (Å²) in [6.45, 7) is 1.03. The van der Waals surface area contributed by atoms with Crippen LogP contribution in [0.3, 0.4) is 0 Å². The van der Waals surface area contributed by atoms with Gasteiger partial charge < -0.3 is 20.4 Å². The Balaban J connectivity index is 1.94. The Bertz CT molecular complexity index is 540. The second-order valence-electron chi connectivity index (χ2n) is 4.06. The van der Waals surface area contributed by atoms with Gasteiger partial charge in [0.25, 0.3) is 0 Å². The molecule has 19 heavy (non-hydrogen) atoms. The molecule has 0 aliphatic carbocycles. The first kappa shape index (κ1) is 13.2. The van der Waals surface area contributed by atoms with Crippen LogP contribution in [0.4, 0.5) is 11.6 Å². The quantitative estimate of drug-likeness (QED) is 0.755. The average Bonchev–Trinajstić information content (AvgIpc) is 2.75. The van der Waals surface area contributed by atoms with Crippen molar-refractivity contribution in [2.75, 3.05) is 24.7 Å². The van der Waals surface area contributed by atoms with Gasteiger partial charge in [0.1, 0.15) is 30.4 Å². The van der Waals surface area contributed by atoms with E-state index in [2.05, 4.69) is 25.5 Å². The molecular formula is C11H17N7O. The highest BCUT2D eigenvalue weighted by Gasteiger charge is 2.04. The van der Waals surface area contributed by atoms with E-state index >= 15 is 0 Å². The van der Waals surface area contributed by atoms with Crippen LogP contribution in [0.15, 0.2) is 12.4 Å². The molecule has 2 heterocycles. The fraction of sp³-hybridized carbons (Fsp3) is 0.455. The first-order valence-corrected chi connectivity index (χ1v) is 5.88. The van der Waals surface area contributed by atoms with Gasteiger partial charge in [-0.2, -0.15) is 0 Å². The first-order valence-electron chi connectivity index (χ1n) is 5.88. The molecule has 0 atom stereocenters. The van der Waals surface area contributed by atoms with Gasteiger partial charge in [0.15, 0.2) is 5.82 Å². The lowest BCUT2D eigenvalue weighted by Crippen LogP contribution is -2.11. The van der Waals surface area contributed by atoms with Crippen LogP contribution >= 0.6 is 0 Å². The molecule has 8 nitrogen and oxygen atoms in total. The van der Waals surface area contributed by atoms with Crippen molar-refractivity contribution >= 4 is 11.6 Å². The summed E-state index contributed by atoms with van der Waals surface area (Å²) >= 11 is 0. The molecule has 0 fully saturated rings. The third-order valence-corrected chi connectivity index (χ3v) is 2.53. The summed E-state index contributed by atoms with van der Waals surface area (Å²) in [6.07, 6.45) is 2.43. The van der Waals surface area contributed by atoms with E-state index in [9.17, 15) is 0 Å². The third kappa shape index (κ3) is 3.62. The molecule has 0 aliphatic heterocycles. The molecule has 0 amide bonds. The zero-order chi connectivity index (χ0) is 13.7. The molecule has 0 saturated heterocycles. The van der Waals surface area contributed by atoms with Gasteiger partial charge >= 0.3 is 0 Å². The Labute approximate surface area is 111 Å². The number of nitrogens with zero attached hydrogens (tertiary/aromatic N) is 5. The van der Waals surface area contributed by atoms with Gasteiger partial charge in [-0.15, -0.1) is 10.2 Å². The maximum absolute atomic E-state index is 5.71. The van der Waals surface area contributed by atoms with E-state index in [1.807, 2.05) is 11.6 Å². The molecule has 0 bridgehead atoms. The standard InChI is InChI=1S/C11H17N7O/c1-18-7-14-17-11(18)3-4-13-9-5-8(12)15-10(16-9)6-19-2/h5,7H,3-4,6H2,1-2H3,(H3,12,13,15,16). The highest BCUT2D eigenvalue weighted by Crippen LogP contribution is 2.09. The van der Waals surface area contributed by atoms with Crippen LogP contribution in [0, 0.1) is 0 Å². The van der Waals surface area contributed by atoms with E-state index in [0.717, 1.165) is 12.2 Å². The van der Waals surface area contributed by atoms with Crippen LogP contribution in [-0.2, 0) is 24.8 Å². The van der Waals surface area contributed by atoms with Crippen molar-refractivity contribution in [2.45, 2.75) is 13.0 Å². The van der Waals surface area contributed by atoms with Crippen molar-refractivity contribution in [3.05, 3.63) is 24.0 Å². The second-order valence-corrected chi connectivity index (χ2v) is 4.06. The molecule has 0 spiro atoms. The number of nitrogen functional groups attached to an aromatic ring is 1. The summed E-state index contributed by atoms with van der Waals surface area (Å²) in [4.78, 5) is 8.37. The summed E-state index contributed by atoms with van der Waals surface area (Å²) in [6, 6.07) is 1.69. The molecule has 0 saturated carbocycles. The summed E-state index contributed by atoms with van der Waals surface area (Å²) < 4.78 is 6.87. The molecule has 0 aliphatic rings. The second kappa shape index (κ2) is 6.10. The molecule has 0 radical (unpaired) electrons. The van der Waals surface area contributed by atoms with E-state index in [0.29, 0.717) is 30.6 Å². The number of ether oxygens (including phenoxy) is 1. The topological polar surface area (TPSA) is 104 Å². The smallest absolute Gasteiger partial charge is 0.158 e. The summed E-state index contributed by atoms with van der Waals surface area (Å²) in [5.41, 5.74) is 5.71. The van der Waals surface area contributed by atoms with Crippen LogP contribution in [0.2, 0.25) is 0 Å². The highest BCUT2D eigenvalue weighted by atomic mass is 16.5. The zero-order valence-electron chi connectivity index (χ0n) is 11.0. The Morgan fingerprint density at radius 3 is 2.95 bits per heavy atom. The van der Waals surface area contributed by atoms with Crippen LogP contribution in [0.25, 0.3) is 0 Å². The largest absolute Gasteiger partial charge is 0.384 e. The van der Waals surface area contributed by atoms with E-state index in [1.54, 1.807) is 19.5 Å². The zero-order valence-corrected chi connectivity index (χ0v) is 11.0. The SMILES string of the molecule is COCc1nc(N)cc(NCCc2nncn2C)n1. The Hall–Kier alpha value is -2.22. The number of aryl methyl sites for hydroxylation is 1. The van der Waals surface area contributed by atoms with Crippen molar-refractivity contribution in [3.8, 4) is 0 Å². The predicted molar refractivity (Wildman–Crippen MR) is 70.4 cm³/mol. The van der Waals surface area contributed by atoms with Crippen molar-refractivity contribution < 1.29 is 4.74 Å². The van der Waals surface area contributed by atoms with Crippen molar-refractivity contribution in [2.24, 2.45) is 7.05 Å². The average molecular weight is 263 g/mol. The van der Waals surface area contributed by atoms with E-state index < -0.39 is 0 Å². The van der Waals surface area contributed by atoms with Crippen molar-refractivity contribution in [3.63, 3.8) is 0 Å². The molecule has 0 unspecified atom stereocenters. The van der Waals surface area contributed by atoms with E-state index in [1.165, 1.54) is 0 Å². The maximum Gasteiger partial charge on any atom is 0.158 e. The van der Waals surface area contributed by atoms with Crippen molar-refractivity contribution in [1.82, 2.24) is 24.7 Å². The highest BCUT2D eigenvalue weighted by molar-refractivity contribution is 5.44. The lowest BCUT2D eigenvalue weighted by Gasteiger charge is -2.07. The molecule has 2 aromatic rings. The Morgan fingerprint density at radius 2 is 2.26 bits per heavy atom. The molecule has 2 aromatic heterocycles. The van der Waals surface area contributed by atoms with Gasteiger partial charge in [0.2, 0.25) is 0 Å². The van der Waals surface area contributed by atoms with Gasteiger partial charge in [-0.3, -0.25) is 0 Å². The lowest BCUT2D eigenvalue weighted by atomic mass is 10.4. The monoisotopic (exact) mass is 263 g/mol. The number of nitrogens with one attached hydrogen (secondary N) is 1. The number of aromatic nitrogens is 5. The molecule has 8 heteroatoms. The maximum atomic E-state index is 5.71. The van der Waals surface area contributed by atoms with Crippen LogP contribution in [-0.4, -0.2) is 38.4 Å². The first-order chi connectivity index (χ1) is 9.19. The number of anilines is 2. The summed E-state index contributed by atoms with van der Waals surface area (Å²) in [5.74, 6) is 2.57. The van der Waals surface area contributed by atoms with Gasteiger partial charge in [0.05, 0.1) is 0 Å². The lowest BCUT2D eigenvalue weighted by molar-refractivity contribution is 0.178. The van der Waals surface area contributed by atoms with E-state index in [4.69, 9.17) is 10.5 Å². The minimum absolute atomic E-state index is 0.336. The number of nitrogens with two attached hydrogens (primary N) is 1. The van der Waals surface area contributed by atoms with Crippen LogP contribution in [0.1, 0.15) is 11.6 Å². The van der Waals surface area contributed by atoms with Crippen molar-refractivity contribution in [1.29, 1.82) is 0 Å². The molecule has 102 valence electrons. The molecule has 2 rings (SSSR count). The Morgan fingerprint density at radius 1 is 1.42 bits per heavy atom. The van der Waals surface area contributed by atoms with E-state index in [-0.39, 0.29) is 0 Å². The normalized spacial score (nSPS) is 10.6. The van der Waals surface area contributed by atoms with Gasteiger partial charge in [-0.1, -0.05) is 0 Å². The Kier molecular flexibility index (Phi) is 4.24. The summed E-state index contributed by atoms with van der Waals surface area (Å²) in [5, 5.41) is 11.0. The minimum Gasteiger partial charge on any atom is -0.384 e. The third-order valence-electron chi connectivity index (χ3n) is 2.53. The number of hydrogen-bond donors (Lipinski definition) is 2. The number of methoxy groups -OCH3 is 1. The van der Waals surface area contributed by atoms with Crippen LogP contribution in [0.5, 0.6) is 0 Å². The fourth-order valence-electron chi connectivity index (χ4n) is 1.64. The van der Waals surface area contributed by atoms with Gasteiger partial charge in [-0.05, 0) is 0 Å². The number of hydrogen-bond acceptors (Lipinski definition) is 7. The predicted octanol–water partition coefficient (Wildman–Crippen LogP) is -0.0117. The van der Waals surface area contributed by atoms with Crippen LogP contribution < -0.4 is 11.1 Å². The fourth-order valence-corrected chi connectivity index (χ4v) is 1.64. The summed E-state index contributed by atoms with van der Waals surface area (Å²) in [7, 11) is 3.50. The van der Waals surface area contributed by atoms with Gasteiger partial charge in [0, 0.05) is 33.2 Å².